The van der Waals surface area contributed by atoms with E-state index in [9.17, 15) is 22.9 Å². The molecular weight excluding hydrogens is 399 g/mol. The highest BCUT2D eigenvalue weighted by Crippen LogP contribution is 2.28. The summed E-state index contributed by atoms with van der Waals surface area (Å²) >= 11 is 0. The maximum absolute atomic E-state index is 13.2. The molecule has 3 aromatic carbocycles. The molecule has 0 heterocycles. The van der Waals surface area contributed by atoms with Crippen LogP contribution in [0.3, 0.4) is 0 Å². The zero-order chi connectivity index (χ0) is 20.9. The van der Waals surface area contributed by atoms with E-state index >= 15 is 0 Å². The minimum absolute atomic E-state index is 0.0127. The number of halogens is 1. The van der Waals surface area contributed by atoms with Crippen LogP contribution in [0.15, 0.2) is 82.8 Å². The van der Waals surface area contributed by atoms with E-state index < -0.39 is 26.5 Å². The van der Waals surface area contributed by atoms with Crippen molar-refractivity contribution in [2.75, 3.05) is 10.1 Å². The van der Waals surface area contributed by atoms with Crippen LogP contribution in [0.25, 0.3) is 0 Å². The SMILES string of the molecule is O=[N+]([O-])c1cc(S(=O)(=O)Nc2ccccc2)ccc1N/N=C\c1cccc(F)c1. The first-order chi connectivity index (χ1) is 13.8. The summed E-state index contributed by atoms with van der Waals surface area (Å²) in [7, 11) is -4.02. The molecule has 0 bridgehead atoms. The van der Waals surface area contributed by atoms with Crippen molar-refractivity contribution in [3.8, 4) is 0 Å². The smallest absolute Gasteiger partial charge is 0.280 e. The fourth-order valence-electron chi connectivity index (χ4n) is 2.41. The molecule has 0 fully saturated rings. The van der Waals surface area contributed by atoms with Gasteiger partial charge in [0.05, 0.1) is 16.0 Å². The standard InChI is InChI=1S/C19H15FN4O4S/c20-15-6-4-5-14(11-15)13-21-22-18-10-9-17(12-19(18)24(25)26)29(27,28)23-16-7-2-1-3-8-16/h1-13,22-23H/b21-13-. The first-order valence-electron chi connectivity index (χ1n) is 8.26. The molecule has 0 spiro atoms. The first-order valence-corrected chi connectivity index (χ1v) is 9.74. The van der Waals surface area contributed by atoms with Gasteiger partial charge in [-0.2, -0.15) is 5.10 Å². The van der Waals surface area contributed by atoms with Gasteiger partial charge in [-0.25, -0.2) is 12.8 Å². The van der Waals surface area contributed by atoms with Crippen LogP contribution in [0.5, 0.6) is 0 Å². The largest absolute Gasteiger partial charge is 0.295 e. The lowest BCUT2D eigenvalue weighted by molar-refractivity contribution is -0.384. The number of para-hydroxylation sites is 1. The van der Waals surface area contributed by atoms with E-state index in [4.69, 9.17) is 0 Å². The number of hydrazone groups is 1. The Morgan fingerprint density at radius 1 is 1.00 bits per heavy atom. The van der Waals surface area contributed by atoms with Gasteiger partial charge in [0.25, 0.3) is 15.7 Å². The molecule has 0 atom stereocenters. The summed E-state index contributed by atoms with van der Waals surface area (Å²) in [6.07, 6.45) is 1.29. The third-order valence-electron chi connectivity index (χ3n) is 3.75. The summed E-state index contributed by atoms with van der Waals surface area (Å²) in [6.45, 7) is 0. The minimum atomic E-state index is -4.02. The first kappa shape index (κ1) is 20.0. The number of sulfonamides is 1. The van der Waals surface area contributed by atoms with Gasteiger partial charge in [-0.15, -0.1) is 0 Å². The third-order valence-corrected chi connectivity index (χ3v) is 5.13. The normalized spacial score (nSPS) is 11.3. The zero-order valence-corrected chi connectivity index (χ0v) is 15.6. The molecule has 3 aromatic rings. The fourth-order valence-corrected chi connectivity index (χ4v) is 3.49. The number of anilines is 2. The summed E-state index contributed by atoms with van der Waals surface area (Å²) in [4.78, 5) is 10.4. The molecule has 0 aliphatic carbocycles. The lowest BCUT2D eigenvalue weighted by atomic mass is 10.2. The van der Waals surface area contributed by atoms with Crippen LogP contribution in [0.2, 0.25) is 0 Å². The molecule has 10 heteroatoms. The number of rotatable bonds is 7. The van der Waals surface area contributed by atoms with E-state index in [0.29, 0.717) is 11.3 Å². The molecule has 0 saturated carbocycles. The molecule has 0 aliphatic rings. The van der Waals surface area contributed by atoms with Crippen LogP contribution in [0.4, 0.5) is 21.5 Å². The van der Waals surface area contributed by atoms with Crippen molar-refractivity contribution in [1.29, 1.82) is 0 Å². The average Bonchev–Trinajstić information content (AvgIpc) is 2.68. The van der Waals surface area contributed by atoms with Gasteiger partial charge in [-0.05, 0) is 42.0 Å². The number of hydrogen-bond donors (Lipinski definition) is 2. The second kappa shape index (κ2) is 8.48. The number of benzene rings is 3. The van der Waals surface area contributed by atoms with Gasteiger partial charge in [-0.1, -0.05) is 30.3 Å². The molecule has 29 heavy (non-hydrogen) atoms. The van der Waals surface area contributed by atoms with E-state index in [0.717, 1.165) is 6.07 Å². The Kier molecular flexibility index (Phi) is 5.84. The van der Waals surface area contributed by atoms with Crippen molar-refractivity contribution in [3.05, 3.63) is 94.3 Å². The van der Waals surface area contributed by atoms with E-state index in [1.807, 2.05) is 0 Å². The highest BCUT2D eigenvalue weighted by Gasteiger charge is 2.21. The molecule has 3 rings (SSSR count). The molecule has 2 N–H and O–H groups in total. The van der Waals surface area contributed by atoms with Crippen molar-refractivity contribution in [2.24, 2.45) is 5.10 Å². The average molecular weight is 414 g/mol. The Morgan fingerprint density at radius 3 is 2.45 bits per heavy atom. The van der Waals surface area contributed by atoms with Gasteiger partial charge in [0.2, 0.25) is 0 Å². The number of nitrogens with zero attached hydrogens (tertiary/aromatic N) is 2. The molecule has 0 radical (unpaired) electrons. The number of hydrogen-bond acceptors (Lipinski definition) is 6. The van der Waals surface area contributed by atoms with E-state index in [1.54, 1.807) is 36.4 Å². The lowest BCUT2D eigenvalue weighted by Gasteiger charge is -2.09. The Bertz CT molecular complexity index is 1170. The highest BCUT2D eigenvalue weighted by atomic mass is 32.2. The Hall–Kier alpha value is -3.79. The summed E-state index contributed by atoms with van der Waals surface area (Å²) in [5.41, 5.74) is 2.77. The van der Waals surface area contributed by atoms with E-state index in [-0.39, 0.29) is 10.6 Å². The summed E-state index contributed by atoms with van der Waals surface area (Å²) in [5, 5.41) is 15.2. The van der Waals surface area contributed by atoms with E-state index in [1.165, 1.54) is 36.5 Å². The van der Waals surface area contributed by atoms with Crippen LogP contribution in [-0.4, -0.2) is 19.6 Å². The van der Waals surface area contributed by atoms with Gasteiger partial charge in [-0.3, -0.25) is 20.3 Å². The molecule has 0 saturated heterocycles. The van der Waals surface area contributed by atoms with Crippen molar-refractivity contribution >= 4 is 33.3 Å². The van der Waals surface area contributed by atoms with Crippen LogP contribution in [-0.2, 0) is 10.0 Å². The Labute approximate surface area is 165 Å². The zero-order valence-electron chi connectivity index (χ0n) is 14.8. The summed E-state index contributed by atoms with van der Waals surface area (Å²) < 4.78 is 40.5. The molecule has 0 unspecified atom stereocenters. The van der Waals surface area contributed by atoms with Gasteiger partial charge in [0, 0.05) is 11.8 Å². The molecule has 0 amide bonds. The third kappa shape index (κ3) is 5.14. The molecular formula is C19H15FN4O4S. The fraction of sp³-hybridized carbons (Fsp3) is 0. The van der Waals surface area contributed by atoms with Crippen molar-refractivity contribution in [2.45, 2.75) is 4.90 Å². The monoisotopic (exact) mass is 414 g/mol. The summed E-state index contributed by atoms with van der Waals surface area (Å²) in [6, 6.07) is 17.2. The van der Waals surface area contributed by atoms with Gasteiger partial charge >= 0.3 is 0 Å². The van der Waals surface area contributed by atoms with Crippen molar-refractivity contribution in [3.63, 3.8) is 0 Å². The summed E-state index contributed by atoms with van der Waals surface area (Å²) in [5.74, 6) is -0.444. The minimum Gasteiger partial charge on any atom is -0.280 e. The Morgan fingerprint density at radius 2 is 1.76 bits per heavy atom. The molecule has 148 valence electrons. The van der Waals surface area contributed by atoms with Crippen LogP contribution in [0.1, 0.15) is 5.56 Å². The quantitative estimate of drug-likeness (QED) is 0.345. The number of nitrogens with one attached hydrogen (secondary N) is 2. The van der Waals surface area contributed by atoms with Gasteiger partial charge in [0.1, 0.15) is 11.5 Å². The maximum Gasteiger partial charge on any atom is 0.295 e. The van der Waals surface area contributed by atoms with Crippen LogP contribution < -0.4 is 10.1 Å². The number of nitro groups is 1. The second-order valence-electron chi connectivity index (χ2n) is 5.83. The van der Waals surface area contributed by atoms with Gasteiger partial charge < -0.3 is 0 Å². The highest BCUT2D eigenvalue weighted by molar-refractivity contribution is 7.92. The van der Waals surface area contributed by atoms with E-state index in [2.05, 4.69) is 15.2 Å². The van der Waals surface area contributed by atoms with Crippen molar-refractivity contribution < 1.29 is 17.7 Å². The predicted octanol–water partition coefficient (Wildman–Crippen LogP) is 3.98. The maximum atomic E-state index is 13.2. The van der Waals surface area contributed by atoms with Crippen molar-refractivity contribution in [1.82, 2.24) is 0 Å². The molecule has 0 aliphatic heterocycles. The van der Waals surface area contributed by atoms with Crippen LogP contribution in [0, 0.1) is 15.9 Å². The van der Waals surface area contributed by atoms with Gasteiger partial charge in [0.15, 0.2) is 0 Å². The lowest BCUT2D eigenvalue weighted by Crippen LogP contribution is -2.13. The second-order valence-corrected chi connectivity index (χ2v) is 7.51. The predicted molar refractivity (Wildman–Crippen MR) is 108 cm³/mol. The molecule has 0 aromatic heterocycles. The van der Waals surface area contributed by atoms with Crippen LogP contribution >= 0.6 is 0 Å². The molecule has 8 nitrogen and oxygen atoms in total. The number of nitro benzene ring substituents is 1. The topological polar surface area (TPSA) is 114 Å². The Balaban J connectivity index is 1.84.